The summed E-state index contributed by atoms with van der Waals surface area (Å²) in [6.45, 7) is 8.56. The number of carboxylic acid groups (broad SMARTS) is 1. The third kappa shape index (κ3) is 11.5. The molecule has 0 heterocycles. The number of carbonyl (C=O) groups excluding carboxylic acids is 1. The molecule has 0 aliphatic heterocycles. The van der Waals surface area contributed by atoms with Gasteiger partial charge < -0.3 is 10.4 Å². The van der Waals surface area contributed by atoms with Gasteiger partial charge in [-0.3, -0.25) is 4.79 Å². The Labute approximate surface area is 214 Å². The minimum Gasteiger partial charge on any atom is -0.480 e. The van der Waals surface area contributed by atoms with Gasteiger partial charge in [0.15, 0.2) is 0 Å². The molecule has 188 valence electrons. The monoisotopic (exact) mass is 493 g/mol. The van der Waals surface area contributed by atoms with Gasteiger partial charge in [0.05, 0.1) is 6.42 Å². The second kappa shape index (κ2) is 15.3. The lowest BCUT2D eigenvalue weighted by Gasteiger charge is -2.14. The quantitative estimate of drug-likeness (QED) is 0.217. The second-order valence-corrected chi connectivity index (χ2v) is 10.4. The molecule has 2 N–H and O–H groups in total. The van der Waals surface area contributed by atoms with E-state index in [-0.39, 0.29) is 12.3 Å². The van der Waals surface area contributed by atoms with Crippen molar-refractivity contribution < 1.29 is 14.7 Å². The molecule has 0 spiro atoms. The van der Waals surface area contributed by atoms with Crippen LogP contribution in [0, 0.1) is 0 Å². The van der Waals surface area contributed by atoms with Gasteiger partial charge in [-0.25, -0.2) is 4.79 Å². The first-order chi connectivity index (χ1) is 16.7. The van der Waals surface area contributed by atoms with Crippen molar-refractivity contribution >= 4 is 34.4 Å². The number of fused-ring (bicyclic) bond motifs is 1. The standard InChI is InChI=1S/C30H39NO3S/c1-22(2)9-7-10-23(3)11-8-12-24(4)17-18-35-21-28(30(33)34)31-29(32)20-25-15-16-26-13-5-6-14-27(26)19-25/h5-6,9,11,13-17,19,28H,7-8,10,12,18,20-21H2,1-4H3,(H,31,32)(H,33,34)/b23-11+,24-17+/t28-/m0/s1. The maximum Gasteiger partial charge on any atom is 0.327 e. The summed E-state index contributed by atoms with van der Waals surface area (Å²) in [6, 6.07) is 13.0. The summed E-state index contributed by atoms with van der Waals surface area (Å²) in [5.41, 5.74) is 4.97. The smallest absolute Gasteiger partial charge is 0.327 e. The number of rotatable bonds is 14. The van der Waals surface area contributed by atoms with Crippen molar-refractivity contribution in [1.82, 2.24) is 5.32 Å². The molecule has 2 rings (SSSR count). The zero-order valence-electron chi connectivity index (χ0n) is 21.5. The van der Waals surface area contributed by atoms with Crippen molar-refractivity contribution in [2.45, 2.75) is 65.8 Å². The van der Waals surface area contributed by atoms with Crippen LogP contribution in [-0.4, -0.2) is 34.5 Å². The van der Waals surface area contributed by atoms with Crippen molar-refractivity contribution in [3.63, 3.8) is 0 Å². The lowest BCUT2D eigenvalue weighted by atomic mass is 10.0. The van der Waals surface area contributed by atoms with E-state index in [9.17, 15) is 14.7 Å². The molecule has 0 saturated heterocycles. The number of hydrogen-bond donors (Lipinski definition) is 2. The molecule has 2 aromatic rings. The minimum absolute atomic E-state index is 0.166. The van der Waals surface area contributed by atoms with Crippen molar-refractivity contribution in [1.29, 1.82) is 0 Å². The van der Waals surface area contributed by atoms with Crippen LogP contribution in [0.25, 0.3) is 10.8 Å². The third-order valence-corrected chi connectivity index (χ3v) is 6.74. The van der Waals surface area contributed by atoms with Crippen molar-refractivity contribution in [2.24, 2.45) is 0 Å². The number of carboxylic acids is 1. The van der Waals surface area contributed by atoms with Gasteiger partial charge in [-0.15, -0.1) is 0 Å². The minimum atomic E-state index is -1.00. The van der Waals surface area contributed by atoms with Crippen LogP contribution in [0.2, 0.25) is 0 Å². The number of thioether (sulfide) groups is 1. The molecule has 0 aliphatic rings. The van der Waals surface area contributed by atoms with Crippen molar-refractivity contribution in [3.8, 4) is 0 Å². The Morgan fingerprint density at radius 3 is 2.26 bits per heavy atom. The topological polar surface area (TPSA) is 66.4 Å². The van der Waals surface area contributed by atoms with Gasteiger partial charge >= 0.3 is 5.97 Å². The number of benzene rings is 2. The van der Waals surface area contributed by atoms with E-state index < -0.39 is 12.0 Å². The van der Waals surface area contributed by atoms with Crippen LogP contribution >= 0.6 is 11.8 Å². The number of carbonyl (C=O) groups is 2. The van der Waals surface area contributed by atoms with Crippen molar-refractivity contribution in [2.75, 3.05) is 11.5 Å². The fraction of sp³-hybridized carbons (Fsp3) is 0.400. The highest BCUT2D eigenvalue weighted by atomic mass is 32.2. The van der Waals surface area contributed by atoms with Crippen LogP contribution in [0.4, 0.5) is 0 Å². The number of hydrogen-bond acceptors (Lipinski definition) is 3. The molecule has 2 aromatic carbocycles. The van der Waals surface area contributed by atoms with E-state index in [2.05, 4.69) is 51.2 Å². The first-order valence-electron chi connectivity index (χ1n) is 12.3. The second-order valence-electron chi connectivity index (χ2n) is 9.31. The molecule has 0 aromatic heterocycles. The van der Waals surface area contributed by atoms with Crippen LogP contribution in [0.15, 0.2) is 77.4 Å². The summed E-state index contributed by atoms with van der Waals surface area (Å²) < 4.78 is 0. The summed E-state index contributed by atoms with van der Waals surface area (Å²) in [4.78, 5) is 24.1. The first kappa shape index (κ1) is 28.4. The van der Waals surface area contributed by atoms with Crippen LogP contribution in [-0.2, 0) is 16.0 Å². The van der Waals surface area contributed by atoms with Gasteiger partial charge in [0, 0.05) is 11.5 Å². The Morgan fingerprint density at radius 2 is 1.57 bits per heavy atom. The Kier molecular flexibility index (Phi) is 12.4. The Balaban J connectivity index is 1.74. The SMILES string of the molecule is CC(C)=CCC/C(C)=C/CC/C(C)=C/CSC[C@H](NC(=O)Cc1ccc2ccccc2c1)C(=O)O. The molecule has 1 amide bonds. The van der Waals surface area contributed by atoms with Gasteiger partial charge in [0.2, 0.25) is 5.91 Å². The Bertz CT molecular complexity index is 1080. The summed E-state index contributed by atoms with van der Waals surface area (Å²) >= 11 is 1.53. The average molecular weight is 494 g/mol. The third-order valence-electron chi connectivity index (χ3n) is 5.77. The fourth-order valence-corrected chi connectivity index (χ4v) is 4.68. The molecule has 5 heteroatoms. The summed E-state index contributed by atoms with van der Waals surface area (Å²) in [5, 5.41) is 14.4. The summed E-state index contributed by atoms with van der Waals surface area (Å²) in [6.07, 6.45) is 11.1. The van der Waals surface area contributed by atoms with E-state index in [4.69, 9.17) is 0 Å². The number of allylic oxidation sites excluding steroid dienone is 5. The molecule has 35 heavy (non-hydrogen) atoms. The van der Waals surface area contributed by atoms with Gasteiger partial charge in [0.25, 0.3) is 0 Å². The van der Waals surface area contributed by atoms with Gasteiger partial charge in [0.1, 0.15) is 6.04 Å². The first-order valence-corrected chi connectivity index (χ1v) is 13.4. The van der Waals surface area contributed by atoms with Gasteiger partial charge in [-0.05, 0) is 69.7 Å². The maximum absolute atomic E-state index is 12.5. The molecular weight excluding hydrogens is 454 g/mol. The summed E-state index contributed by atoms with van der Waals surface area (Å²) in [7, 11) is 0. The van der Waals surface area contributed by atoms with Gasteiger partial charge in [-0.1, -0.05) is 77.4 Å². The molecule has 0 saturated carbocycles. The van der Waals surface area contributed by atoms with Gasteiger partial charge in [-0.2, -0.15) is 11.8 Å². The lowest BCUT2D eigenvalue weighted by Crippen LogP contribution is -2.43. The van der Waals surface area contributed by atoms with Crippen molar-refractivity contribution in [3.05, 3.63) is 83.0 Å². The lowest BCUT2D eigenvalue weighted by molar-refractivity contribution is -0.141. The number of amides is 1. The van der Waals surface area contributed by atoms with Crippen LogP contribution in [0.5, 0.6) is 0 Å². The van der Waals surface area contributed by atoms with E-state index in [1.165, 1.54) is 28.5 Å². The zero-order valence-corrected chi connectivity index (χ0v) is 22.3. The fourth-order valence-electron chi connectivity index (χ4n) is 3.68. The Hall–Kier alpha value is -2.79. The molecule has 4 nitrogen and oxygen atoms in total. The average Bonchev–Trinajstić information content (AvgIpc) is 2.80. The summed E-state index contributed by atoms with van der Waals surface area (Å²) in [5.74, 6) is -0.198. The highest BCUT2D eigenvalue weighted by molar-refractivity contribution is 7.99. The zero-order chi connectivity index (χ0) is 25.6. The molecule has 1 atom stereocenters. The van der Waals surface area contributed by atoms with E-state index in [0.29, 0.717) is 5.75 Å². The van der Waals surface area contributed by atoms with E-state index >= 15 is 0 Å². The number of nitrogens with one attached hydrogen (secondary N) is 1. The van der Waals surface area contributed by atoms with E-state index in [1.807, 2.05) is 42.5 Å². The Morgan fingerprint density at radius 1 is 0.914 bits per heavy atom. The molecular formula is C30H39NO3S. The van der Waals surface area contributed by atoms with Crippen LogP contribution in [0.1, 0.15) is 58.9 Å². The normalized spacial score (nSPS) is 12.9. The molecule has 0 radical (unpaired) electrons. The highest BCUT2D eigenvalue weighted by Crippen LogP contribution is 2.16. The maximum atomic E-state index is 12.5. The van der Waals surface area contributed by atoms with Crippen LogP contribution in [0.3, 0.4) is 0 Å². The predicted molar refractivity (Wildman–Crippen MR) is 150 cm³/mol. The molecule has 0 bridgehead atoms. The van der Waals surface area contributed by atoms with Crippen LogP contribution < -0.4 is 5.32 Å². The molecule has 0 fully saturated rings. The van der Waals surface area contributed by atoms with E-state index in [0.717, 1.165) is 47.8 Å². The molecule has 0 unspecified atom stereocenters. The van der Waals surface area contributed by atoms with E-state index in [1.54, 1.807) is 0 Å². The highest BCUT2D eigenvalue weighted by Gasteiger charge is 2.19. The number of aliphatic carboxylic acids is 1. The predicted octanol–water partition coefficient (Wildman–Crippen LogP) is 7.10. The molecule has 0 aliphatic carbocycles. The largest absolute Gasteiger partial charge is 0.480 e.